The molecule has 0 saturated heterocycles. The molecule has 5 rings (SSSR count). The molecule has 5 nitrogen and oxygen atoms in total. The summed E-state index contributed by atoms with van der Waals surface area (Å²) >= 11 is 6.60. The molecular weight excluding hydrogens is 454 g/mol. The van der Waals surface area contributed by atoms with Gasteiger partial charge in [0.2, 0.25) is 0 Å². The van der Waals surface area contributed by atoms with Gasteiger partial charge in [0, 0.05) is 17.4 Å². The van der Waals surface area contributed by atoms with Crippen molar-refractivity contribution in [1.29, 1.82) is 0 Å². The Hall–Kier alpha value is -3.22. The maximum atomic E-state index is 13.7. The first kappa shape index (κ1) is 21.6. The van der Waals surface area contributed by atoms with Gasteiger partial charge in [0.1, 0.15) is 5.15 Å². The summed E-state index contributed by atoms with van der Waals surface area (Å²) < 4.78 is 28.6. The Kier molecular flexibility index (Phi) is 5.43. The standard InChI is InChI=1S/C26H22ClN3O2S/c1-17-7-11-19(12-8-17)24-16-25(22-15-20-5-3-4-6-23(20)28-26(22)27)30(29-24)33(31,32)21-13-9-18(2)10-14-21/h3-15,25H,16H2,1-2H3/t25-/m1/s1. The number of rotatable bonds is 4. The predicted octanol–water partition coefficient (Wildman–Crippen LogP) is 6.05. The van der Waals surface area contributed by atoms with Gasteiger partial charge in [-0.05, 0) is 43.7 Å². The zero-order valence-electron chi connectivity index (χ0n) is 18.2. The van der Waals surface area contributed by atoms with E-state index < -0.39 is 16.1 Å². The average Bonchev–Trinajstić information content (AvgIpc) is 3.25. The first-order valence-corrected chi connectivity index (χ1v) is 12.5. The van der Waals surface area contributed by atoms with Crippen molar-refractivity contribution in [3.63, 3.8) is 0 Å². The van der Waals surface area contributed by atoms with Gasteiger partial charge < -0.3 is 0 Å². The van der Waals surface area contributed by atoms with Crippen LogP contribution < -0.4 is 0 Å². The normalized spacial score (nSPS) is 16.3. The summed E-state index contributed by atoms with van der Waals surface area (Å²) in [6.45, 7) is 3.93. The van der Waals surface area contributed by atoms with E-state index in [0.29, 0.717) is 17.7 Å². The molecule has 0 spiro atoms. The van der Waals surface area contributed by atoms with Crippen molar-refractivity contribution in [2.24, 2.45) is 5.10 Å². The van der Waals surface area contributed by atoms with Crippen molar-refractivity contribution in [2.45, 2.75) is 31.2 Å². The summed E-state index contributed by atoms with van der Waals surface area (Å²) in [5, 5.41) is 5.79. The number of aromatic nitrogens is 1. The number of hydrogen-bond acceptors (Lipinski definition) is 4. The molecule has 2 heterocycles. The molecule has 166 valence electrons. The van der Waals surface area contributed by atoms with Crippen LogP contribution in [0.15, 0.2) is 88.9 Å². The Balaban J connectivity index is 1.65. The predicted molar refractivity (Wildman–Crippen MR) is 132 cm³/mol. The number of fused-ring (bicyclic) bond motifs is 1. The number of pyridine rings is 1. The molecule has 1 aromatic heterocycles. The van der Waals surface area contributed by atoms with Crippen molar-refractivity contribution < 1.29 is 8.42 Å². The number of hydrazone groups is 1. The largest absolute Gasteiger partial charge is 0.279 e. The van der Waals surface area contributed by atoms with E-state index in [1.165, 1.54) is 4.41 Å². The SMILES string of the molecule is Cc1ccc(C2=NN(S(=O)(=O)c3ccc(C)cc3)[C@@H](c3cc4ccccc4nc3Cl)C2)cc1. The first-order chi connectivity index (χ1) is 15.8. The van der Waals surface area contributed by atoms with Crippen LogP contribution in [0.1, 0.15) is 34.7 Å². The van der Waals surface area contributed by atoms with Gasteiger partial charge in [-0.2, -0.15) is 17.9 Å². The molecule has 3 aromatic carbocycles. The molecule has 33 heavy (non-hydrogen) atoms. The number of aryl methyl sites for hydroxylation is 2. The molecule has 1 aliphatic heterocycles. The Morgan fingerprint density at radius 1 is 0.909 bits per heavy atom. The van der Waals surface area contributed by atoms with E-state index in [9.17, 15) is 8.42 Å². The zero-order valence-corrected chi connectivity index (χ0v) is 19.8. The lowest BCUT2D eigenvalue weighted by Gasteiger charge is -2.24. The number of sulfonamides is 1. The van der Waals surface area contributed by atoms with E-state index in [0.717, 1.165) is 27.6 Å². The van der Waals surface area contributed by atoms with Gasteiger partial charge in [0.05, 0.1) is 22.2 Å². The van der Waals surface area contributed by atoms with Gasteiger partial charge in [-0.25, -0.2) is 4.98 Å². The van der Waals surface area contributed by atoms with Crippen LogP contribution in [0.25, 0.3) is 10.9 Å². The van der Waals surface area contributed by atoms with Crippen molar-refractivity contribution in [1.82, 2.24) is 9.40 Å². The Labute approximate surface area is 198 Å². The summed E-state index contributed by atoms with van der Waals surface area (Å²) in [7, 11) is -3.91. The molecule has 0 unspecified atom stereocenters. The Morgan fingerprint density at radius 3 is 2.24 bits per heavy atom. The lowest BCUT2D eigenvalue weighted by atomic mass is 9.98. The molecule has 0 radical (unpaired) electrons. The van der Waals surface area contributed by atoms with Crippen LogP contribution in [0, 0.1) is 13.8 Å². The van der Waals surface area contributed by atoms with Crippen LogP contribution >= 0.6 is 11.6 Å². The van der Waals surface area contributed by atoms with Crippen molar-refractivity contribution in [2.75, 3.05) is 0 Å². The van der Waals surface area contributed by atoms with Crippen molar-refractivity contribution in [3.8, 4) is 0 Å². The lowest BCUT2D eigenvalue weighted by molar-refractivity contribution is 0.371. The molecule has 0 aliphatic carbocycles. The highest BCUT2D eigenvalue weighted by Crippen LogP contribution is 2.40. The fourth-order valence-electron chi connectivity index (χ4n) is 4.02. The highest BCUT2D eigenvalue weighted by atomic mass is 35.5. The lowest BCUT2D eigenvalue weighted by Crippen LogP contribution is -2.27. The molecule has 1 atom stereocenters. The molecule has 4 aromatic rings. The van der Waals surface area contributed by atoms with Crippen LogP contribution in [0.2, 0.25) is 5.15 Å². The molecular formula is C26H22ClN3O2S. The fraction of sp³-hybridized carbons (Fsp3) is 0.154. The molecule has 0 N–H and O–H groups in total. The van der Waals surface area contributed by atoms with Crippen LogP contribution in [-0.2, 0) is 10.0 Å². The average molecular weight is 476 g/mol. The van der Waals surface area contributed by atoms with Crippen molar-refractivity contribution >= 4 is 38.2 Å². The van der Waals surface area contributed by atoms with E-state index in [2.05, 4.69) is 10.1 Å². The summed E-state index contributed by atoms with van der Waals surface area (Å²) in [6.07, 6.45) is 0.397. The maximum absolute atomic E-state index is 13.7. The Bertz CT molecular complexity index is 1480. The maximum Gasteiger partial charge on any atom is 0.279 e. The fourth-order valence-corrected chi connectivity index (χ4v) is 5.72. The monoisotopic (exact) mass is 475 g/mol. The van der Waals surface area contributed by atoms with Gasteiger partial charge >= 0.3 is 0 Å². The number of benzene rings is 3. The second-order valence-corrected chi connectivity index (χ2v) is 10.4. The van der Waals surface area contributed by atoms with E-state index in [1.54, 1.807) is 24.3 Å². The first-order valence-electron chi connectivity index (χ1n) is 10.6. The van der Waals surface area contributed by atoms with E-state index in [4.69, 9.17) is 11.6 Å². The third-order valence-corrected chi connectivity index (χ3v) is 7.89. The summed E-state index contributed by atoms with van der Waals surface area (Å²) in [6, 6.07) is 23.7. The van der Waals surface area contributed by atoms with Crippen LogP contribution in [0.3, 0.4) is 0 Å². The molecule has 0 bridgehead atoms. The van der Waals surface area contributed by atoms with Crippen LogP contribution in [0.5, 0.6) is 0 Å². The minimum absolute atomic E-state index is 0.192. The van der Waals surface area contributed by atoms with Crippen LogP contribution in [0.4, 0.5) is 0 Å². The molecule has 0 amide bonds. The van der Waals surface area contributed by atoms with E-state index >= 15 is 0 Å². The topological polar surface area (TPSA) is 62.6 Å². The van der Waals surface area contributed by atoms with E-state index in [1.807, 2.05) is 68.4 Å². The minimum atomic E-state index is -3.91. The van der Waals surface area contributed by atoms with Crippen molar-refractivity contribution in [3.05, 3.63) is 106 Å². The van der Waals surface area contributed by atoms with E-state index in [-0.39, 0.29) is 10.0 Å². The second-order valence-electron chi connectivity index (χ2n) is 8.28. The summed E-state index contributed by atoms with van der Waals surface area (Å²) in [5.41, 5.74) is 5.09. The third kappa shape index (κ3) is 4.01. The van der Waals surface area contributed by atoms with Crippen LogP contribution in [-0.4, -0.2) is 23.5 Å². The Morgan fingerprint density at radius 2 is 1.55 bits per heavy atom. The number of hydrogen-bond donors (Lipinski definition) is 0. The summed E-state index contributed by atoms with van der Waals surface area (Å²) in [4.78, 5) is 4.71. The minimum Gasteiger partial charge on any atom is -0.236 e. The summed E-state index contributed by atoms with van der Waals surface area (Å²) in [5.74, 6) is 0. The molecule has 7 heteroatoms. The van der Waals surface area contributed by atoms with Gasteiger partial charge in [0.15, 0.2) is 0 Å². The smallest absolute Gasteiger partial charge is 0.236 e. The molecule has 0 fully saturated rings. The number of halogens is 1. The second kappa shape index (κ2) is 8.28. The van der Waals surface area contributed by atoms with Gasteiger partial charge in [-0.15, -0.1) is 0 Å². The van der Waals surface area contributed by atoms with Gasteiger partial charge in [0.25, 0.3) is 10.0 Å². The quantitative estimate of drug-likeness (QED) is 0.338. The van der Waals surface area contributed by atoms with Gasteiger partial charge in [-0.3, -0.25) is 0 Å². The highest BCUT2D eigenvalue weighted by Gasteiger charge is 2.39. The molecule has 0 saturated carbocycles. The third-order valence-electron chi connectivity index (χ3n) is 5.89. The number of nitrogens with zero attached hydrogens (tertiary/aromatic N) is 3. The van der Waals surface area contributed by atoms with Gasteiger partial charge in [-0.1, -0.05) is 77.3 Å². The highest BCUT2D eigenvalue weighted by molar-refractivity contribution is 7.89. The molecule has 1 aliphatic rings. The number of para-hydroxylation sites is 1. The zero-order chi connectivity index (χ0) is 23.2.